The van der Waals surface area contributed by atoms with Gasteiger partial charge in [-0.1, -0.05) is 6.08 Å². The number of piperidine rings is 1. The lowest BCUT2D eigenvalue weighted by molar-refractivity contribution is -0.175. The Morgan fingerprint density at radius 1 is 1.25 bits per heavy atom. The molecule has 2 aliphatic heterocycles. The third kappa shape index (κ3) is 4.72. The number of nitrogens with zero attached hydrogens (tertiary/aromatic N) is 1. The standard InChI is InChI=1S/C16H23F3N2O3/c1-2-3-4-13(22)21-8-5-11(6-9-21)14-12(7-10-24-14)20-15(23)16(17,18)19/h2,11-12,14H,1,3-10H2,(H,20,23)/t12-,14+/m0/s1. The number of hydrogen-bond donors (Lipinski definition) is 1. The van der Waals surface area contributed by atoms with E-state index in [1.807, 2.05) is 5.32 Å². The van der Waals surface area contributed by atoms with Gasteiger partial charge in [0.2, 0.25) is 5.91 Å². The van der Waals surface area contributed by atoms with Gasteiger partial charge in [0, 0.05) is 26.1 Å². The molecule has 2 amide bonds. The summed E-state index contributed by atoms with van der Waals surface area (Å²) in [6.45, 7) is 5.07. The lowest BCUT2D eigenvalue weighted by Crippen LogP contribution is -2.50. The molecule has 0 spiro atoms. The smallest absolute Gasteiger partial charge is 0.376 e. The molecule has 0 aromatic carbocycles. The van der Waals surface area contributed by atoms with E-state index in [0.29, 0.717) is 51.8 Å². The lowest BCUT2D eigenvalue weighted by Gasteiger charge is -2.36. The van der Waals surface area contributed by atoms with E-state index < -0.39 is 24.2 Å². The molecule has 0 saturated carbocycles. The van der Waals surface area contributed by atoms with Gasteiger partial charge in [0.15, 0.2) is 0 Å². The monoisotopic (exact) mass is 348 g/mol. The first-order chi connectivity index (χ1) is 11.3. The predicted molar refractivity (Wildman–Crippen MR) is 81.1 cm³/mol. The summed E-state index contributed by atoms with van der Waals surface area (Å²) < 4.78 is 42.8. The average molecular weight is 348 g/mol. The Morgan fingerprint density at radius 3 is 2.50 bits per heavy atom. The fourth-order valence-electron chi connectivity index (χ4n) is 3.34. The Bertz CT molecular complexity index is 474. The molecule has 2 saturated heterocycles. The van der Waals surface area contributed by atoms with E-state index in [4.69, 9.17) is 4.74 Å². The summed E-state index contributed by atoms with van der Waals surface area (Å²) in [7, 11) is 0. The summed E-state index contributed by atoms with van der Waals surface area (Å²) in [6.07, 6.45) is -0.814. The predicted octanol–water partition coefficient (Wildman–Crippen LogP) is 2.03. The highest BCUT2D eigenvalue weighted by Gasteiger charge is 2.44. The molecule has 0 aromatic heterocycles. The topological polar surface area (TPSA) is 58.6 Å². The van der Waals surface area contributed by atoms with Gasteiger partial charge in [-0.05, 0) is 31.6 Å². The summed E-state index contributed by atoms with van der Waals surface area (Å²) in [5.41, 5.74) is 0. The summed E-state index contributed by atoms with van der Waals surface area (Å²) in [6, 6.07) is -0.618. The highest BCUT2D eigenvalue weighted by molar-refractivity contribution is 5.82. The van der Waals surface area contributed by atoms with E-state index >= 15 is 0 Å². The van der Waals surface area contributed by atoms with Crippen molar-refractivity contribution in [3.05, 3.63) is 12.7 Å². The summed E-state index contributed by atoms with van der Waals surface area (Å²) in [4.78, 5) is 24.9. The number of alkyl halides is 3. The van der Waals surface area contributed by atoms with Gasteiger partial charge in [-0.15, -0.1) is 6.58 Å². The van der Waals surface area contributed by atoms with Crippen LogP contribution in [0, 0.1) is 5.92 Å². The van der Waals surface area contributed by atoms with Crippen LogP contribution in [0.25, 0.3) is 0 Å². The van der Waals surface area contributed by atoms with Crippen LogP contribution in [0.4, 0.5) is 13.2 Å². The van der Waals surface area contributed by atoms with Crippen molar-refractivity contribution in [2.75, 3.05) is 19.7 Å². The zero-order chi connectivity index (χ0) is 17.7. The van der Waals surface area contributed by atoms with Gasteiger partial charge in [-0.3, -0.25) is 9.59 Å². The molecule has 0 bridgehead atoms. The normalized spacial score (nSPS) is 25.5. The molecule has 2 heterocycles. The Balaban J connectivity index is 1.85. The van der Waals surface area contributed by atoms with Crippen LogP contribution in [-0.2, 0) is 14.3 Å². The van der Waals surface area contributed by atoms with E-state index in [1.165, 1.54) is 0 Å². The van der Waals surface area contributed by atoms with Crippen molar-refractivity contribution in [2.45, 2.75) is 50.4 Å². The summed E-state index contributed by atoms with van der Waals surface area (Å²) in [5.74, 6) is -1.79. The molecular weight excluding hydrogens is 325 g/mol. The maximum Gasteiger partial charge on any atom is 0.471 e. The molecule has 24 heavy (non-hydrogen) atoms. The van der Waals surface area contributed by atoms with Crippen molar-refractivity contribution >= 4 is 11.8 Å². The van der Waals surface area contributed by atoms with Crippen molar-refractivity contribution in [1.82, 2.24) is 10.2 Å². The third-order valence-corrected chi connectivity index (χ3v) is 4.63. The zero-order valence-electron chi connectivity index (χ0n) is 13.5. The Morgan fingerprint density at radius 2 is 1.92 bits per heavy atom. The molecule has 0 unspecified atom stereocenters. The molecule has 5 nitrogen and oxygen atoms in total. The van der Waals surface area contributed by atoms with Crippen LogP contribution in [0.1, 0.15) is 32.1 Å². The van der Waals surface area contributed by atoms with E-state index in [-0.39, 0.29) is 11.8 Å². The first kappa shape index (κ1) is 18.8. The number of rotatable bonds is 5. The van der Waals surface area contributed by atoms with Crippen LogP contribution < -0.4 is 5.32 Å². The highest BCUT2D eigenvalue weighted by atomic mass is 19.4. The molecule has 2 fully saturated rings. The van der Waals surface area contributed by atoms with E-state index in [9.17, 15) is 22.8 Å². The molecule has 2 atom stereocenters. The van der Waals surface area contributed by atoms with Crippen molar-refractivity contribution in [2.24, 2.45) is 5.92 Å². The van der Waals surface area contributed by atoms with Crippen LogP contribution in [0.5, 0.6) is 0 Å². The number of allylic oxidation sites excluding steroid dienone is 1. The summed E-state index contributed by atoms with van der Waals surface area (Å²) in [5, 5.41) is 2.05. The van der Waals surface area contributed by atoms with Gasteiger partial charge in [-0.25, -0.2) is 0 Å². The number of halogens is 3. The van der Waals surface area contributed by atoms with Gasteiger partial charge in [-0.2, -0.15) is 13.2 Å². The minimum Gasteiger partial charge on any atom is -0.376 e. The minimum atomic E-state index is -4.88. The number of likely N-dealkylation sites (tertiary alicyclic amines) is 1. The Labute approximate surface area is 139 Å². The van der Waals surface area contributed by atoms with Crippen LogP contribution >= 0.6 is 0 Å². The maximum atomic E-state index is 12.4. The van der Waals surface area contributed by atoms with Crippen molar-refractivity contribution < 1.29 is 27.5 Å². The first-order valence-electron chi connectivity index (χ1n) is 8.21. The number of amides is 2. The fraction of sp³-hybridized carbons (Fsp3) is 0.750. The minimum absolute atomic E-state index is 0.0505. The van der Waals surface area contributed by atoms with Crippen LogP contribution in [0.15, 0.2) is 12.7 Å². The second-order valence-corrected chi connectivity index (χ2v) is 6.25. The van der Waals surface area contributed by atoms with Crippen LogP contribution in [0.3, 0.4) is 0 Å². The second-order valence-electron chi connectivity index (χ2n) is 6.25. The summed E-state index contributed by atoms with van der Waals surface area (Å²) >= 11 is 0. The molecule has 0 radical (unpaired) electrons. The van der Waals surface area contributed by atoms with Crippen molar-refractivity contribution in [3.8, 4) is 0 Å². The quantitative estimate of drug-likeness (QED) is 0.774. The zero-order valence-corrected chi connectivity index (χ0v) is 13.5. The SMILES string of the molecule is C=CCCC(=O)N1CCC([C@H]2OCC[C@@H]2NC(=O)C(F)(F)F)CC1. The number of hydrogen-bond acceptors (Lipinski definition) is 3. The van der Waals surface area contributed by atoms with Crippen molar-refractivity contribution in [1.29, 1.82) is 0 Å². The van der Waals surface area contributed by atoms with Gasteiger partial charge in [0.05, 0.1) is 12.1 Å². The van der Waals surface area contributed by atoms with Gasteiger partial charge < -0.3 is 15.0 Å². The van der Waals surface area contributed by atoms with Gasteiger partial charge in [0.25, 0.3) is 0 Å². The maximum absolute atomic E-state index is 12.4. The van der Waals surface area contributed by atoms with E-state index in [0.717, 1.165) is 0 Å². The second kappa shape index (κ2) is 8.00. The lowest BCUT2D eigenvalue weighted by atomic mass is 9.87. The van der Waals surface area contributed by atoms with Gasteiger partial charge >= 0.3 is 12.1 Å². The van der Waals surface area contributed by atoms with Crippen molar-refractivity contribution in [3.63, 3.8) is 0 Å². The van der Waals surface area contributed by atoms with Crippen LogP contribution in [0.2, 0.25) is 0 Å². The first-order valence-corrected chi connectivity index (χ1v) is 8.21. The molecule has 0 aromatic rings. The highest BCUT2D eigenvalue weighted by Crippen LogP contribution is 2.30. The number of carbonyl (C=O) groups is 2. The van der Waals surface area contributed by atoms with Crippen LogP contribution in [-0.4, -0.2) is 54.7 Å². The molecule has 2 aliphatic rings. The number of nitrogens with one attached hydrogen (secondary N) is 1. The average Bonchev–Trinajstić information content (AvgIpc) is 3.00. The van der Waals surface area contributed by atoms with E-state index in [1.54, 1.807) is 11.0 Å². The Kier molecular flexibility index (Phi) is 6.26. The molecule has 136 valence electrons. The molecule has 1 N–H and O–H groups in total. The number of ether oxygens (including phenoxy) is 1. The molecule has 0 aliphatic carbocycles. The number of carbonyl (C=O) groups excluding carboxylic acids is 2. The Hall–Kier alpha value is -1.57. The fourth-order valence-corrected chi connectivity index (χ4v) is 3.34. The molecule has 2 rings (SSSR count). The van der Waals surface area contributed by atoms with Gasteiger partial charge in [0.1, 0.15) is 0 Å². The molecular formula is C16H23F3N2O3. The molecule has 8 heteroatoms. The van der Waals surface area contributed by atoms with E-state index in [2.05, 4.69) is 6.58 Å². The third-order valence-electron chi connectivity index (χ3n) is 4.63. The largest absolute Gasteiger partial charge is 0.471 e.